The molecule has 0 fully saturated rings. The van der Waals surface area contributed by atoms with Crippen LogP contribution in [-0.4, -0.2) is 24.0 Å². The van der Waals surface area contributed by atoms with Crippen LogP contribution in [0, 0.1) is 12.3 Å². The second kappa shape index (κ2) is 6.21. The van der Waals surface area contributed by atoms with Crippen LogP contribution in [-0.2, 0) is 11.8 Å². The Hall–Kier alpha value is 0.480. The van der Waals surface area contributed by atoms with Crippen molar-refractivity contribution in [2.24, 2.45) is 0 Å². The van der Waals surface area contributed by atoms with E-state index in [1.165, 1.54) is 11.4 Å². The van der Waals surface area contributed by atoms with E-state index in [1.807, 2.05) is 7.05 Å². The predicted molar refractivity (Wildman–Crippen MR) is 52.0 cm³/mol. The molecule has 0 aliphatic rings. The van der Waals surface area contributed by atoms with Gasteiger partial charge in [-0.2, -0.15) is 0 Å². The molecule has 2 N–H and O–H groups in total. The van der Waals surface area contributed by atoms with Gasteiger partial charge in [0.05, 0.1) is 6.05 Å². The van der Waals surface area contributed by atoms with Gasteiger partial charge in [0.2, 0.25) is 0 Å². The number of hydrogen-bond acceptors (Lipinski definition) is 3. The second-order valence-electron chi connectivity index (χ2n) is 1.53. The average molecular weight is 195 g/mol. The summed E-state index contributed by atoms with van der Waals surface area (Å²) in [7, 11) is 1.82. The summed E-state index contributed by atoms with van der Waals surface area (Å²) < 4.78 is 0. The minimum absolute atomic E-state index is 0.537. The molecule has 10 heavy (non-hydrogen) atoms. The first-order valence-electron chi connectivity index (χ1n) is 2.69. The highest BCUT2D eigenvalue weighted by Gasteiger charge is 1.98. The molecular formula is C5H10NOPS2. The number of nitrogens with one attached hydrogen (secondary N) is 1. The fourth-order valence-corrected chi connectivity index (χ4v) is 2.80. The minimum atomic E-state index is -0.940. The first-order chi connectivity index (χ1) is 4.70. The van der Waals surface area contributed by atoms with Crippen LogP contribution in [0.1, 0.15) is 0 Å². The Morgan fingerprint density at radius 2 is 2.60 bits per heavy atom. The molecule has 0 aromatic heterocycles. The normalized spacial score (nSPS) is 15.7. The van der Waals surface area contributed by atoms with E-state index in [2.05, 4.69) is 11.0 Å². The molecule has 0 aliphatic heterocycles. The first-order valence-corrected chi connectivity index (χ1v) is 7.03. The van der Waals surface area contributed by atoms with Crippen molar-refractivity contribution in [3.63, 3.8) is 0 Å². The smallest absolute Gasteiger partial charge is 0.123 e. The van der Waals surface area contributed by atoms with E-state index in [0.717, 1.165) is 0 Å². The molecular weight excluding hydrogens is 185 g/mol. The van der Waals surface area contributed by atoms with E-state index in [1.54, 1.807) is 0 Å². The molecule has 0 amide bonds. The molecule has 0 aromatic carbocycles. The Labute approximate surface area is 71.0 Å². The standard InChI is InChI=1S/C5H10NOPS2/c1-3-5(7)4-10-8(9)6-2/h1,5,7-8H,4H2,2H3,(H,6,9). The van der Waals surface area contributed by atoms with Crippen molar-refractivity contribution < 1.29 is 5.11 Å². The van der Waals surface area contributed by atoms with Gasteiger partial charge in [-0.05, 0) is 7.05 Å². The largest absolute Gasteiger partial charge is 0.380 e. The Kier molecular flexibility index (Phi) is 6.50. The number of terminal acetylenes is 1. The Bertz CT molecular complexity index is 156. The number of aliphatic hydroxyl groups is 1. The van der Waals surface area contributed by atoms with Crippen LogP contribution < -0.4 is 5.09 Å². The highest BCUT2D eigenvalue weighted by molar-refractivity contribution is 8.63. The maximum Gasteiger partial charge on any atom is 0.123 e. The van der Waals surface area contributed by atoms with Gasteiger partial charge in [-0.15, -0.1) is 17.8 Å². The third-order valence-electron chi connectivity index (χ3n) is 0.769. The van der Waals surface area contributed by atoms with Crippen molar-refractivity contribution in [3.8, 4) is 12.3 Å². The van der Waals surface area contributed by atoms with Crippen molar-refractivity contribution in [3.05, 3.63) is 0 Å². The summed E-state index contributed by atoms with van der Waals surface area (Å²) in [5.41, 5.74) is 0. The average Bonchev–Trinajstić information content (AvgIpc) is 1.99. The summed E-state index contributed by atoms with van der Waals surface area (Å²) in [6.45, 7) is 0. The van der Waals surface area contributed by atoms with Crippen LogP contribution >= 0.6 is 17.4 Å². The van der Waals surface area contributed by atoms with E-state index >= 15 is 0 Å². The molecule has 0 spiro atoms. The monoisotopic (exact) mass is 195 g/mol. The van der Waals surface area contributed by atoms with Crippen molar-refractivity contribution in [2.45, 2.75) is 6.10 Å². The molecule has 0 saturated heterocycles. The highest BCUT2D eigenvalue weighted by atomic mass is 32.9. The summed E-state index contributed by atoms with van der Waals surface area (Å²) in [5, 5.41) is 11.8. The summed E-state index contributed by atoms with van der Waals surface area (Å²) in [6.07, 6.45) is 4.29. The van der Waals surface area contributed by atoms with E-state index in [9.17, 15) is 0 Å². The zero-order valence-corrected chi connectivity index (χ0v) is 8.26. The third kappa shape index (κ3) is 5.28. The van der Waals surface area contributed by atoms with Gasteiger partial charge in [0.25, 0.3) is 0 Å². The van der Waals surface area contributed by atoms with Gasteiger partial charge in [0.15, 0.2) is 0 Å². The third-order valence-corrected chi connectivity index (χ3v) is 5.49. The maximum atomic E-state index is 8.89. The van der Waals surface area contributed by atoms with Crippen LogP contribution in [0.3, 0.4) is 0 Å². The minimum Gasteiger partial charge on any atom is -0.380 e. The van der Waals surface area contributed by atoms with Gasteiger partial charge in [-0.1, -0.05) is 17.7 Å². The van der Waals surface area contributed by atoms with E-state index in [0.29, 0.717) is 5.75 Å². The summed E-state index contributed by atoms with van der Waals surface area (Å²) in [6, 6.07) is -0.940. The van der Waals surface area contributed by atoms with E-state index < -0.39 is 12.2 Å². The topological polar surface area (TPSA) is 32.3 Å². The molecule has 0 aliphatic carbocycles. The molecule has 5 heteroatoms. The lowest BCUT2D eigenvalue weighted by molar-refractivity contribution is 0.258. The van der Waals surface area contributed by atoms with Crippen LogP contribution in [0.15, 0.2) is 0 Å². The number of aliphatic hydroxyl groups excluding tert-OH is 1. The van der Waals surface area contributed by atoms with Crippen LogP contribution in [0.25, 0.3) is 0 Å². The van der Waals surface area contributed by atoms with Gasteiger partial charge in [-0.3, -0.25) is 5.09 Å². The highest BCUT2D eigenvalue weighted by Crippen LogP contribution is 2.32. The predicted octanol–water partition coefficient (Wildman–Crippen LogP) is 0.439. The van der Waals surface area contributed by atoms with Crippen molar-refractivity contribution >= 4 is 29.2 Å². The fraction of sp³-hybridized carbons (Fsp3) is 0.600. The van der Waals surface area contributed by atoms with Gasteiger partial charge >= 0.3 is 0 Å². The fourth-order valence-electron chi connectivity index (χ4n) is 0.275. The van der Waals surface area contributed by atoms with Crippen LogP contribution in [0.5, 0.6) is 0 Å². The lowest BCUT2D eigenvalue weighted by Gasteiger charge is -2.03. The maximum absolute atomic E-state index is 8.89. The van der Waals surface area contributed by atoms with E-state index in [-0.39, 0.29) is 0 Å². The molecule has 2 unspecified atom stereocenters. The Morgan fingerprint density at radius 1 is 2.00 bits per heavy atom. The SMILES string of the molecule is C#CC(O)CS[PH](=S)NC. The summed E-state index contributed by atoms with van der Waals surface area (Å²) in [4.78, 5) is 0. The summed E-state index contributed by atoms with van der Waals surface area (Å²) >= 11 is 6.50. The van der Waals surface area contributed by atoms with Gasteiger partial charge in [-0.25, -0.2) is 0 Å². The molecule has 0 rings (SSSR count). The summed E-state index contributed by atoms with van der Waals surface area (Å²) in [5.74, 6) is 2.76. The lowest BCUT2D eigenvalue weighted by atomic mass is 10.4. The lowest BCUT2D eigenvalue weighted by Crippen LogP contribution is -2.05. The molecule has 0 radical (unpaired) electrons. The second-order valence-corrected chi connectivity index (χ2v) is 7.32. The first kappa shape index (κ1) is 10.5. The van der Waals surface area contributed by atoms with Crippen molar-refractivity contribution in [1.29, 1.82) is 0 Å². The molecule has 2 atom stereocenters. The van der Waals surface area contributed by atoms with Crippen LogP contribution in [0.2, 0.25) is 0 Å². The van der Waals surface area contributed by atoms with Crippen molar-refractivity contribution in [1.82, 2.24) is 5.09 Å². The van der Waals surface area contributed by atoms with Crippen molar-refractivity contribution in [2.75, 3.05) is 12.8 Å². The zero-order valence-electron chi connectivity index (χ0n) is 5.63. The Balaban J connectivity index is 3.37. The van der Waals surface area contributed by atoms with Gasteiger partial charge in [0.1, 0.15) is 6.10 Å². The van der Waals surface area contributed by atoms with Crippen LogP contribution in [0.4, 0.5) is 0 Å². The molecule has 0 bridgehead atoms. The molecule has 2 nitrogen and oxygen atoms in total. The number of rotatable bonds is 4. The van der Waals surface area contributed by atoms with Gasteiger partial charge in [0, 0.05) is 5.75 Å². The Morgan fingerprint density at radius 3 is 3.00 bits per heavy atom. The molecule has 0 aromatic rings. The molecule has 0 heterocycles. The molecule has 58 valence electrons. The van der Waals surface area contributed by atoms with E-state index in [4.69, 9.17) is 23.3 Å². The number of hydrogen-bond donors (Lipinski definition) is 2. The van der Waals surface area contributed by atoms with Gasteiger partial charge < -0.3 is 5.11 Å². The zero-order chi connectivity index (χ0) is 7.98. The quantitative estimate of drug-likeness (QED) is 0.503. The molecule has 0 saturated carbocycles.